The number of H-pyrrole nitrogens is 2. The molecule has 55 heavy (non-hydrogen) atoms. The molecule has 0 aliphatic carbocycles. The zero-order chi connectivity index (χ0) is 39.1. The van der Waals surface area contributed by atoms with Crippen LogP contribution in [-0.4, -0.2) is 93.1 Å². The number of alkyl carbamates (subject to hydrolysis) is 2. The first kappa shape index (κ1) is 38.6. The molecule has 14 nitrogen and oxygen atoms in total. The van der Waals surface area contributed by atoms with E-state index >= 15 is 0 Å². The summed E-state index contributed by atoms with van der Waals surface area (Å²) in [7, 11) is 2.57. The van der Waals surface area contributed by atoms with Gasteiger partial charge in [-0.15, -0.1) is 0 Å². The summed E-state index contributed by atoms with van der Waals surface area (Å²) in [4.78, 5) is 70.7. The Morgan fingerprint density at radius 1 is 0.873 bits per heavy atom. The van der Waals surface area contributed by atoms with Crippen LogP contribution in [0.15, 0.2) is 60.8 Å². The van der Waals surface area contributed by atoms with Gasteiger partial charge in [0.15, 0.2) is 0 Å². The third-order valence-corrected chi connectivity index (χ3v) is 10.1. The van der Waals surface area contributed by atoms with Crippen molar-refractivity contribution < 1.29 is 28.7 Å². The Labute approximate surface area is 320 Å². The SMILES string of the molecule is C=C1C[C@@H](c2ncc(-c3ccc(C#Cc4ccc5nc([C@@H]6CCCN6C(=O)[C@H](CCC)NC(=O)OC)[nH]c5c4)cc3)[nH]2)N(C(=O)[C@H](CCC)NC(=O)OC)C1. The number of fused-ring (bicyclic) bond motifs is 1. The van der Waals surface area contributed by atoms with Gasteiger partial charge >= 0.3 is 12.2 Å². The molecule has 2 aliphatic heterocycles. The molecule has 2 aliphatic rings. The fraction of sp³-hybridized carbons (Fsp3) is 0.415. The third kappa shape index (κ3) is 8.83. The van der Waals surface area contributed by atoms with E-state index in [9.17, 15) is 19.2 Å². The fourth-order valence-corrected chi connectivity index (χ4v) is 7.28. The van der Waals surface area contributed by atoms with E-state index in [1.807, 2.05) is 56.3 Å². The molecule has 2 fully saturated rings. The van der Waals surface area contributed by atoms with Crippen molar-refractivity contribution in [1.29, 1.82) is 0 Å². The van der Waals surface area contributed by atoms with Crippen LogP contribution in [0.5, 0.6) is 0 Å². The number of imidazole rings is 2. The summed E-state index contributed by atoms with van der Waals surface area (Å²) in [5.41, 5.74) is 5.91. The van der Waals surface area contributed by atoms with Crippen LogP contribution in [0, 0.1) is 11.8 Å². The van der Waals surface area contributed by atoms with Crippen LogP contribution in [0.25, 0.3) is 22.3 Å². The van der Waals surface area contributed by atoms with E-state index in [2.05, 4.69) is 44.0 Å². The number of nitrogens with one attached hydrogen (secondary N) is 4. The smallest absolute Gasteiger partial charge is 0.407 e. The van der Waals surface area contributed by atoms with E-state index in [4.69, 9.17) is 14.5 Å². The molecule has 4 aromatic rings. The molecule has 2 aromatic carbocycles. The van der Waals surface area contributed by atoms with Crippen molar-refractivity contribution in [2.24, 2.45) is 0 Å². The summed E-state index contributed by atoms with van der Waals surface area (Å²) >= 11 is 0. The van der Waals surface area contributed by atoms with Crippen LogP contribution in [-0.2, 0) is 19.1 Å². The summed E-state index contributed by atoms with van der Waals surface area (Å²) < 4.78 is 9.49. The van der Waals surface area contributed by atoms with Crippen molar-refractivity contribution in [2.75, 3.05) is 27.3 Å². The summed E-state index contributed by atoms with van der Waals surface area (Å²) in [5.74, 6) is 7.54. The zero-order valence-electron chi connectivity index (χ0n) is 31.7. The second-order valence-electron chi connectivity index (χ2n) is 13.9. The van der Waals surface area contributed by atoms with Gasteiger partial charge in [0, 0.05) is 24.2 Å². The van der Waals surface area contributed by atoms with Crippen molar-refractivity contribution >= 4 is 35.0 Å². The number of hydrogen-bond donors (Lipinski definition) is 4. The van der Waals surface area contributed by atoms with Gasteiger partial charge in [-0.1, -0.05) is 62.8 Å². The average molecular weight is 749 g/mol. The predicted molar refractivity (Wildman–Crippen MR) is 206 cm³/mol. The molecule has 0 bridgehead atoms. The molecular weight excluding hydrogens is 701 g/mol. The summed E-state index contributed by atoms with van der Waals surface area (Å²) in [6.45, 7) is 9.04. The fourth-order valence-electron chi connectivity index (χ4n) is 7.28. The number of amides is 4. The number of aromatic amines is 2. The minimum absolute atomic E-state index is 0.133. The lowest BCUT2D eigenvalue weighted by Gasteiger charge is -2.28. The van der Waals surface area contributed by atoms with Crippen molar-refractivity contribution in [3.63, 3.8) is 0 Å². The van der Waals surface area contributed by atoms with E-state index < -0.39 is 24.3 Å². The van der Waals surface area contributed by atoms with Gasteiger partial charge in [-0.25, -0.2) is 19.6 Å². The van der Waals surface area contributed by atoms with Crippen LogP contribution in [0.3, 0.4) is 0 Å². The van der Waals surface area contributed by atoms with E-state index in [1.165, 1.54) is 14.2 Å². The number of ether oxygens (including phenoxy) is 2. The van der Waals surface area contributed by atoms with Crippen molar-refractivity contribution in [3.8, 4) is 23.1 Å². The number of carbonyl (C=O) groups is 4. The second kappa shape index (κ2) is 17.4. The second-order valence-corrected chi connectivity index (χ2v) is 13.9. The molecule has 6 rings (SSSR count). The van der Waals surface area contributed by atoms with Gasteiger partial charge in [-0.2, -0.15) is 0 Å². The molecule has 2 aromatic heterocycles. The molecular formula is C41H48N8O6. The topological polar surface area (TPSA) is 175 Å². The van der Waals surface area contributed by atoms with Gasteiger partial charge < -0.3 is 39.9 Å². The maximum absolute atomic E-state index is 13.6. The standard InChI is InChI=1S/C41H48N8O6/c1-6-9-30(46-40(52)54-4)38(50)48-20-8-11-34(48)37-43-29-19-16-27(22-32(29)44-37)13-12-26-14-17-28(18-15-26)33-23-42-36(45-33)35-21-25(3)24-49(35)39(51)31(10-7-2)47-41(53)55-5/h14-19,22-23,30-31,34-35H,3,6-11,20-21,24H2,1-2,4-5H3,(H,42,45)(H,43,44)(H,46,52)(H,47,53)/t30-,31-,34-,35-/m0/s1. The van der Waals surface area contributed by atoms with E-state index in [0.29, 0.717) is 44.0 Å². The van der Waals surface area contributed by atoms with E-state index in [-0.39, 0.29) is 23.9 Å². The van der Waals surface area contributed by atoms with Crippen molar-refractivity contribution in [2.45, 2.75) is 83.0 Å². The molecule has 4 atom stereocenters. The Balaban J connectivity index is 1.13. The molecule has 0 unspecified atom stereocenters. The Kier molecular flexibility index (Phi) is 12.2. The molecule has 14 heteroatoms. The number of methoxy groups -OCH3 is 2. The Bertz CT molecular complexity index is 2110. The molecule has 4 heterocycles. The van der Waals surface area contributed by atoms with Gasteiger partial charge in [0.2, 0.25) is 11.8 Å². The number of nitrogens with zero attached hydrogens (tertiary/aromatic N) is 4. The summed E-state index contributed by atoms with van der Waals surface area (Å²) in [6, 6.07) is 11.8. The monoisotopic (exact) mass is 748 g/mol. The first-order valence-electron chi connectivity index (χ1n) is 18.8. The average Bonchev–Trinajstić information content (AvgIpc) is 4.02. The van der Waals surface area contributed by atoms with Gasteiger partial charge in [-0.3, -0.25) is 9.59 Å². The van der Waals surface area contributed by atoms with E-state index in [0.717, 1.165) is 64.7 Å². The number of benzene rings is 2. The summed E-state index contributed by atoms with van der Waals surface area (Å²) in [5, 5.41) is 5.36. The number of rotatable bonds is 11. The van der Waals surface area contributed by atoms with Gasteiger partial charge in [0.05, 0.1) is 49.2 Å². The van der Waals surface area contributed by atoms with Crippen LogP contribution < -0.4 is 10.6 Å². The minimum atomic E-state index is -0.699. The number of carbonyl (C=O) groups excluding carboxylic acids is 4. The Hall–Kier alpha value is -6.10. The highest BCUT2D eigenvalue weighted by molar-refractivity contribution is 5.87. The lowest BCUT2D eigenvalue weighted by atomic mass is 10.1. The lowest BCUT2D eigenvalue weighted by Crippen LogP contribution is -2.48. The maximum atomic E-state index is 13.6. The van der Waals surface area contributed by atoms with Gasteiger partial charge in [0.25, 0.3) is 0 Å². The summed E-state index contributed by atoms with van der Waals surface area (Å²) in [6.07, 6.45) is 5.15. The molecule has 4 N–H and O–H groups in total. The number of aromatic nitrogens is 4. The van der Waals surface area contributed by atoms with Gasteiger partial charge in [-0.05, 0) is 68.0 Å². The number of likely N-dealkylation sites (tertiary alicyclic amines) is 2. The lowest BCUT2D eigenvalue weighted by molar-refractivity contribution is -0.135. The minimum Gasteiger partial charge on any atom is -0.453 e. The molecule has 0 spiro atoms. The predicted octanol–water partition coefficient (Wildman–Crippen LogP) is 5.90. The van der Waals surface area contributed by atoms with Crippen LogP contribution in [0.1, 0.15) is 93.7 Å². The quantitative estimate of drug-likeness (QED) is 0.108. The molecule has 0 radical (unpaired) electrons. The highest BCUT2D eigenvalue weighted by Gasteiger charge is 2.38. The zero-order valence-corrected chi connectivity index (χ0v) is 31.7. The van der Waals surface area contributed by atoms with Crippen LogP contribution >= 0.6 is 0 Å². The first-order chi connectivity index (χ1) is 26.6. The van der Waals surface area contributed by atoms with Crippen molar-refractivity contribution in [3.05, 3.63) is 83.6 Å². The van der Waals surface area contributed by atoms with Gasteiger partial charge in [0.1, 0.15) is 23.7 Å². The highest BCUT2D eigenvalue weighted by Crippen LogP contribution is 2.35. The van der Waals surface area contributed by atoms with Crippen LogP contribution in [0.4, 0.5) is 9.59 Å². The Morgan fingerprint density at radius 3 is 2.16 bits per heavy atom. The molecule has 0 saturated carbocycles. The van der Waals surface area contributed by atoms with Crippen LogP contribution in [0.2, 0.25) is 0 Å². The largest absolute Gasteiger partial charge is 0.453 e. The maximum Gasteiger partial charge on any atom is 0.407 e. The molecule has 288 valence electrons. The third-order valence-electron chi connectivity index (χ3n) is 10.1. The first-order valence-corrected chi connectivity index (χ1v) is 18.8. The Morgan fingerprint density at radius 2 is 1.51 bits per heavy atom. The molecule has 4 amide bonds. The van der Waals surface area contributed by atoms with Crippen molar-refractivity contribution in [1.82, 2.24) is 40.4 Å². The normalized spacial score (nSPS) is 17.7. The number of hydrogen-bond acceptors (Lipinski definition) is 8. The van der Waals surface area contributed by atoms with E-state index in [1.54, 1.807) is 16.0 Å². The highest BCUT2D eigenvalue weighted by atomic mass is 16.5. The molecule has 2 saturated heterocycles.